The Bertz CT molecular complexity index is 873. The highest BCUT2D eigenvalue weighted by atomic mass is 32.2. The second-order valence-electron chi connectivity index (χ2n) is 5.63. The van der Waals surface area contributed by atoms with E-state index in [-0.39, 0.29) is 5.91 Å². The van der Waals surface area contributed by atoms with E-state index in [1.807, 2.05) is 55.5 Å². The third-order valence-corrected chi connectivity index (χ3v) is 4.86. The van der Waals surface area contributed by atoms with E-state index in [4.69, 9.17) is 4.74 Å². The number of carbonyl (C=O) groups excluding carboxylic acids is 1. The van der Waals surface area contributed by atoms with Crippen LogP contribution in [-0.2, 0) is 4.79 Å². The number of anilines is 1. The van der Waals surface area contributed by atoms with Crippen molar-refractivity contribution in [3.8, 4) is 5.75 Å². The normalized spacial score (nSPS) is 11.6. The number of hydrogen-bond donors (Lipinski definition) is 1. The summed E-state index contributed by atoms with van der Waals surface area (Å²) in [7, 11) is 1.58. The second kappa shape index (κ2) is 8.49. The molecular formula is C20H19N3O2S. The predicted molar refractivity (Wildman–Crippen MR) is 103 cm³/mol. The fraction of sp³-hybridized carbons (Fsp3) is 0.150. The van der Waals surface area contributed by atoms with Gasteiger partial charge in [-0.2, -0.15) is 0 Å². The highest BCUT2D eigenvalue weighted by Gasteiger charge is 2.24. The maximum atomic E-state index is 13.1. The zero-order valence-electron chi connectivity index (χ0n) is 14.5. The maximum absolute atomic E-state index is 13.1. The fourth-order valence-electron chi connectivity index (χ4n) is 2.47. The molecule has 0 saturated carbocycles. The van der Waals surface area contributed by atoms with Crippen LogP contribution >= 0.6 is 11.8 Å². The molecule has 1 N–H and O–H groups in total. The summed E-state index contributed by atoms with van der Waals surface area (Å²) in [5, 5.41) is 3.05. The number of rotatable bonds is 6. The molecule has 3 aromatic rings. The van der Waals surface area contributed by atoms with Crippen LogP contribution in [0.25, 0.3) is 0 Å². The number of methoxy groups -OCH3 is 1. The minimum absolute atomic E-state index is 0.155. The highest BCUT2D eigenvalue weighted by Crippen LogP contribution is 2.35. The first-order chi connectivity index (χ1) is 12.7. The van der Waals surface area contributed by atoms with E-state index < -0.39 is 5.25 Å². The lowest BCUT2D eigenvalue weighted by molar-refractivity contribution is -0.115. The lowest BCUT2D eigenvalue weighted by atomic mass is 10.1. The average Bonchev–Trinajstić information content (AvgIpc) is 2.68. The third kappa shape index (κ3) is 4.40. The van der Waals surface area contributed by atoms with E-state index in [9.17, 15) is 4.79 Å². The molecule has 0 aliphatic carbocycles. The minimum atomic E-state index is -0.483. The molecule has 0 aliphatic heterocycles. The Morgan fingerprint density at radius 2 is 1.81 bits per heavy atom. The van der Waals surface area contributed by atoms with Gasteiger partial charge in [0.2, 0.25) is 5.91 Å². The standard InChI is InChI=1S/C20H19N3O2S/c1-14-9-10-17(25-2)16(13-14)23-19(24)18(15-7-4-3-5-8-15)26-20-21-11-6-12-22-20/h3-13,18H,1-2H3,(H,23,24)/t18-/m1/s1. The van der Waals surface area contributed by atoms with E-state index >= 15 is 0 Å². The Morgan fingerprint density at radius 3 is 2.50 bits per heavy atom. The number of hydrogen-bond acceptors (Lipinski definition) is 5. The summed E-state index contributed by atoms with van der Waals surface area (Å²) in [6, 6.07) is 17.0. The number of thioether (sulfide) groups is 1. The summed E-state index contributed by atoms with van der Waals surface area (Å²) in [6.07, 6.45) is 3.33. The molecule has 1 amide bonds. The van der Waals surface area contributed by atoms with Gasteiger partial charge in [0.05, 0.1) is 12.8 Å². The van der Waals surface area contributed by atoms with Crippen LogP contribution in [0.5, 0.6) is 5.75 Å². The second-order valence-corrected chi connectivity index (χ2v) is 6.71. The van der Waals surface area contributed by atoms with Crippen molar-refractivity contribution in [3.05, 3.63) is 78.1 Å². The van der Waals surface area contributed by atoms with E-state index in [0.717, 1.165) is 11.1 Å². The molecule has 132 valence electrons. The number of aryl methyl sites for hydroxylation is 1. The Kier molecular flexibility index (Phi) is 5.86. The number of amides is 1. The van der Waals surface area contributed by atoms with Crippen molar-refractivity contribution in [2.45, 2.75) is 17.3 Å². The number of aromatic nitrogens is 2. The van der Waals surface area contributed by atoms with Gasteiger partial charge in [0.1, 0.15) is 11.0 Å². The summed E-state index contributed by atoms with van der Waals surface area (Å²) in [4.78, 5) is 21.5. The van der Waals surface area contributed by atoms with Gasteiger partial charge in [0.25, 0.3) is 0 Å². The molecule has 1 aromatic heterocycles. The largest absolute Gasteiger partial charge is 0.495 e. The van der Waals surface area contributed by atoms with Crippen LogP contribution in [0.15, 0.2) is 72.1 Å². The Balaban J connectivity index is 1.89. The molecule has 2 aromatic carbocycles. The zero-order valence-corrected chi connectivity index (χ0v) is 15.4. The Labute approximate surface area is 156 Å². The van der Waals surface area contributed by atoms with Crippen LogP contribution in [0, 0.1) is 6.92 Å². The van der Waals surface area contributed by atoms with Crippen LogP contribution in [0.2, 0.25) is 0 Å². The number of nitrogens with zero attached hydrogens (tertiary/aromatic N) is 2. The van der Waals surface area contributed by atoms with Crippen LogP contribution in [0.4, 0.5) is 5.69 Å². The molecular weight excluding hydrogens is 346 g/mol. The quantitative estimate of drug-likeness (QED) is 0.522. The average molecular weight is 365 g/mol. The van der Waals surface area contributed by atoms with Crippen LogP contribution in [0.3, 0.4) is 0 Å². The van der Waals surface area contributed by atoms with Crippen molar-refractivity contribution in [1.82, 2.24) is 9.97 Å². The van der Waals surface area contributed by atoms with Gasteiger partial charge in [-0.15, -0.1) is 0 Å². The molecule has 26 heavy (non-hydrogen) atoms. The molecule has 0 radical (unpaired) electrons. The summed E-state index contributed by atoms with van der Waals surface area (Å²) < 4.78 is 5.36. The maximum Gasteiger partial charge on any atom is 0.242 e. The first-order valence-corrected chi connectivity index (χ1v) is 8.99. The first kappa shape index (κ1) is 17.9. The number of ether oxygens (including phenoxy) is 1. The molecule has 6 heteroatoms. The summed E-state index contributed by atoms with van der Waals surface area (Å²) in [5.41, 5.74) is 2.57. The third-order valence-electron chi connectivity index (χ3n) is 3.72. The zero-order chi connectivity index (χ0) is 18.4. The highest BCUT2D eigenvalue weighted by molar-refractivity contribution is 8.00. The monoisotopic (exact) mass is 365 g/mol. The van der Waals surface area contributed by atoms with Crippen LogP contribution in [-0.4, -0.2) is 23.0 Å². The lowest BCUT2D eigenvalue weighted by Crippen LogP contribution is -2.19. The predicted octanol–water partition coefficient (Wildman–Crippen LogP) is 4.27. The first-order valence-electron chi connectivity index (χ1n) is 8.11. The van der Waals surface area contributed by atoms with Crippen LogP contribution in [0.1, 0.15) is 16.4 Å². The van der Waals surface area contributed by atoms with E-state index in [2.05, 4.69) is 15.3 Å². The van der Waals surface area contributed by atoms with Gasteiger partial charge >= 0.3 is 0 Å². The number of nitrogens with one attached hydrogen (secondary N) is 1. The molecule has 3 rings (SSSR count). The van der Waals surface area contributed by atoms with E-state index in [1.165, 1.54) is 11.8 Å². The summed E-state index contributed by atoms with van der Waals surface area (Å²) in [6.45, 7) is 1.97. The van der Waals surface area contributed by atoms with Crippen molar-refractivity contribution in [1.29, 1.82) is 0 Å². The van der Waals surface area contributed by atoms with Crippen molar-refractivity contribution in [2.24, 2.45) is 0 Å². The van der Waals surface area contributed by atoms with Crippen molar-refractivity contribution in [3.63, 3.8) is 0 Å². The molecule has 0 unspecified atom stereocenters. The van der Waals surface area contributed by atoms with Gasteiger partial charge in [-0.1, -0.05) is 48.2 Å². The molecule has 1 atom stereocenters. The molecule has 0 spiro atoms. The summed E-state index contributed by atoms with van der Waals surface area (Å²) >= 11 is 1.31. The van der Waals surface area contributed by atoms with Gasteiger partial charge in [-0.25, -0.2) is 9.97 Å². The van der Waals surface area contributed by atoms with Crippen molar-refractivity contribution < 1.29 is 9.53 Å². The number of carbonyl (C=O) groups is 1. The minimum Gasteiger partial charge on any atom is -0.495 e. The molecule has 1 heterocycles. The van der Waals surface area contributed by atoms with Gasteiger partial charge in [0.15, 0.2) is 5.16 Å². The molecule has 5 nitrogen and oxygen atoms in total. The molecule has 0 aliphatic rings. The van der Waals surface area contributed by atoms with Gasteiger partial charge in [0, 0.05) is 12.4 Å². The van der Waals surface area contributed by atoms with E-state index in [1.54, 1.807) is 25.6 Å². The molecule has 0 bridgehead atoms. The van der Waals surface area contributed by atoms with E-state index in [0.29, 0.717) is 16.6 Å². The summed E-state index contributed by atoms with van der Waals surface area (Å²) in [5.74, 6) is 0.467. The van der Waals surface area contributed by atoms with Crippen molar-refractivity contribution >= 4 is 23.4 Å². The van der Waals surface area contributed by atoms with Gasteiger partial charge in [-0.3, -0.25) is 4.79 Å². The molecule has 0 fully saturated rings. The Hall–Kier alpha value is -2.86. The van der Waals surface area contributed by atoms with Gasteiger partial charge < -0.3 is 10.1 Å². The smallest absolute Gasteiger partial charge is 0.242 e. The van der Waals surface area contributed by atoms with Crippen molar-refractivity contribution in [2.75, 3.05) is 12.4 Å². The molecule has 0 saturated heterocycles. The lowest BCUT2D eigenvalue weighted by Gasteiger charge is -2.17. The van der Waals surface area contributed by atoms with Crippen LogP contribution < -0.4 is 10.1 Å². The topological polar surface area (TPSA) is 64.1 Å². The Morgan fingerprint density at radius 1 is 1.08 bits per heavy atom. The SMILES string of the molecule is COc1ccc(C)cc1NC(=O)[C@H](Sc1ncccn1)c1ccccc1. The fourth-order valence-corrected chi connectivity index (χ4v) is 3.38. The number of benzene rings is 2. The van der Waals surface area contributed by atoms with Gasteiger partial charge in [-0.05, 0) is 36.2 Å².